The number of aromatic nitrogens is 3. The molecule has 0 atom stereocenters. The minimum Gasteiger partial charge on any atom is -0.302 e. The number of rotatable bonds is 2. The minimum absolute atomic E-state index is 0.957. The average Bonchev–Trinajstić information content (AvgIpc) is 2.98. The zero-order valence-corrected chi connectivity index (χ0v) is 10.5. The third-order valence-corrected chi connectivity index (χ3v) is 3.10. The van der Waals surface area contributed by atoms with Crippen molar-refractivity contribution in [3.8, 4) is 11.5 Å². The molecule has 0 aliphatic heterocycles. The molecular weight excluding hydrogens is 222 g/mol. The standard InChI is InChI=1S/C15H15N3/c1-12-8-9-13(2)18(12)15-10-11-17(16-15)14-6-4-3-5-7-14/h3-11H,1-2H3. The van der Waals surface area contributed by atoms with Gasteiger partial charge >= 0.3 is 0 Å². The van der Waals surface area contributed by atoms with Gasteiger partial charge in [0.2, 0.25) is 0 Å². The van der Waals surface area contributed by atoms with Gasteiger partial charge in [-0.15, -0.1) is 5.10 Å². The molecule has 18 heavy (non-hydrogen) atoms. The summed E-state index contributed by atoms with van der Waals surface area (Å²) < 4.78 is 4.05. The fourth-order valence-electron chi connectivity index (χ4n) is 2.19. The minimum atomic E-state index is 0.957. The maximum atomic E-state index is 4.62. The topological polar surface area (TPSA) is 22.8 Å². The van der Waals surface area contributed by atoms with E-state index in [1.807, 2.05) is 47.3 Å². The van der Waals surface area contributed by atoms with Crippen LogP contribution >= 0.6 is 0 Å². The maximum absolute atomic E-state index is 4.62. The van der Waals surface area contributed by atoms with Crippen LogP contribution in [0.2, 0.25) is 0 Å². The molecule has 90 valence electrons. The Bertz CT molecular complexity index is 643. The molecule has 0 unspecified atom stereocenters. The van der Waals surface area contributed by atoms with E-state index < -0.39 is 0 Å². The van der Waals surface area contributed by atoms with Crippen LogP contribution in [0.4, 0.5) is 0 Å². The summed E-state index contributed by atoms with van der Waals surface area (Å²) in [4.78, 5) is 0. The van der Waals surface area contributed by atoms with E-state index >= 15 is 0 Å². The normalized spacial score (nSPS) is 10.8. The highest BCUT2D eigenvalue weighted by atomic mass is 15.3. The van der Waals surface area contributed by atoms with E-state index in [1.54, 1.807) is 0 Å². The summed E-state index contributed by atoms with van der Waals surface area (Å²) in [6, 6.07) is 16.4. The molecule has 0 fully saturated rings. The van der Waals surface area contributed by atoms with Gasteiger partial charge in [-0.1, -0.05) is 18.2 Å². The molecule has 0 saturated heterocycles. The van der Waals surface area contributed by atoms with Gasteiger partial charge in [0.15, 0.2) is 5.82 Å². The smallest absolute Gasteiger partial charge is 0.159 e. The zero-order valence-electron chi connectivity index (χ0n) is 10.5. The van der Waals surface area contributed by atoms with E-state index in [0.717, 1.165) is 11.5 Å². The van der Waals surface area contributed by atoms with Crippen molar-refractivity contribution >= 4 is 0 Å². The number of hydrogen-bond acceptors (Lipinski definition) is 1. The average molecular weight is 237 g/mol. The van der Waals surface area contributed by atoms with Crippen LogP contribution in [0.5, 0.6) is 0 Å². The lowest BCUT2D eigenvalue weighted by Crippen LogP contribution is -2.01. The molecular formula is C15H15N3. The highest BCUT2D eigenvalue weighted by Gasteiger charge is 2.07. The number of hydrogen-bond donors (Lipinski definition) is 0. The zero-order chi connectivity index (χ0) is 12.5. The van der Waals surface area contributed by atoms with Crippen molar-refractivity contribution in [1.29, 1.82) is 0 Å². The molecule has 0 radical (unpaired) electrons. The number of para-hydroxylation sites is 1. The first-order valence-electron chi connectivity index (χ1n) is 6.02. The lowest BCUT2D eigenvalue weighted by Gasteiger charge is -2.05. The van der Waals surface area contributed by atoms with Gasteiger partial charge < -0.3 is 4.57 Å². The second kappa shape index (κ2) is 4.18. The van der Waals surface area contributed by atoms with E-state index in [0.29, 0.717) is 0 Å². The molecule has 0 aliphatic carbocycles. The van der Waals surface area contributed by atoms with Gasteiger partial charge in [0.1, 0.15) is 0 Å². The van der Waals surface area contributed by atoms with Gasteiger partial charge in [0, 0.05) is 23.7 Å². The molecule has 2 heterocycles. The molecule has 0 amide bonds. The van der Waals surface area contributed by atoms with Crippen LogP contribution in [-0.4, -0.2) is 14.3 Å². The van der Waals surface area contributed by atoms with Crippen LogP contribution in [0.25, 0.3) is 11.5 Å². The second-order valence-corrected chi connectivity index (χ2v) is 4.41. The quantitative estimate of drug-likeness (QED) is 0.670. The summed E-state index contributed by atoms with van der Waals surface area (Å²) in [7, 11) is 0. The third-order valence-electron chi connectivity index (χ3n) is 3.10. The summed E-state index contributed by atoms with van der Waals surface area (Å²) in [5.74, 6) is 0.957. The van der Waals surface area contributed by atoms with Crippen molar-refractivity contribution in [1.82, 2.24) is 14.3 Å². The number of aryl methyl sites for hydroxylation is 2. The summed E-state index contributed by atoms with van der Waals surface area (Å²) in [5.41, 5.74) is 3.47. The van der Waals surface area contributed by atoms with Gasteiger partial charge in [-0.05, 0) is 38.1 Å². The van der Waals surface area contributed by atoms with Crippen molar-refractivity contribution in [2.75, 3.05) is 0 Å². The summed E-state index contributed by atoms with van der Waals surface area (Å²) in [6.07, 6.45) is 1.99. The lowest BCUT2D eigenvalue weighted by atomic mass is 10.3. The SMILES string of the molecule is Cc1ccc(C)n1-c1ccn(-c2ccccc2)n1. The van der Waals surface area contributed by atoms with Crippen molar-refractivity contribution in [2.24, 2.45) is 0 Å². The molecule has 3 rings (SSSR count). The Hall–Kier alpha value is -2.29. The fourth-order valence-corrected chi connectivity index (χ4v) is 2.19. The van der Waals surface area contributed by atoms with E-state index in [1.165, 1.54) is 11.4 Å². The number of benzene rings is 1. The monoisotopic (exact) mass is 237 g/mol. The molecule has 0 spiro atoms. The van der Waals surface area contributed by atoms with Gasteiger partial charge in [0.05, 0.1) is 5.69 Å². The largest absolute Gasteiger partial charge is 0.302 e. The highest BCUT2D eigenvalue weighted by molar-refractivity contribution is 5.35. The summed E-state index contributed by atoms with van der Waals surface area (Å²) >= 11 is 0. The predicted molar refractivity (Wildman–Crippen MR) is 72.4 cm³/mol. The van der Waals surface area contributed by atoms with Crippen LogP contribution in [0.15, 0.2) is 54.7 Å². The Labute approximate surface area is 106 Å². The van der Waals surface area contributed by atoms with E-state index in [-0.39, 0.29) is 0 Å². The van der Waals surface area contributed by atoms with Gasteiger partial charge in [-0.25, -0.2) is 4.68 Å². The van der Waals surface area contributed by atoms with Crippen LogP contribution in [0.1, 0.15) is 11.4 Å². The first-order chi connectivity index (χ1) is 8.75. The van der Waals surface area contributed by atoms with Crippen LogP contribution in [-0.2, 0) is 0 Å². The Balaban J connectivity index is 2.05. The van der Waals surface area contributed by atoms with Crippen molar-refractivity contribution < 1.29 is 0 Å². The fraction of sp³-hybridized carbons (Fsp3) is 0.133. The van der Waals surface area contributed by atoms with E-state index in [2.05, 4.69) is 35.6 Å². The Morgan fingerprint density at radius 2 is 1.50 bits per heavy atom. The molecule has 0 N–H and O–H groups in total. The molecule has 1 aromatic carbocycles. The molecule has 0 bridgehead atoms. The second-order valence-electron chi connectivity index (χ2n) is 4.41. The molecule has 0 saturated carbocycles. The molecule has 3 aromatic rings. The maximum Gasteiger partial charge on any atom is 0.159 e. The van der Waals surface area contributed by atoms with Crippen LogP contribution in [0.3, 0.4) is 0 Å². The Kier molecular flexibility index (Phi) is 2.52. The van der Waals surface area contributed by atoms with Crippen LogP contribution in [0, 0.1) is 13.8 Å². The number of nitrogens with zero attached hydrogens (tertiary/aromatic N) is 3. The van der Waals surface area contributed by atoms with Gasteiger partial charge in [0.25, 0.3) is 0 Å². The third kappa shape index (κ3) is 1.74. The predicted octanol–water partition coefficient (Wildman–Crippen LogP) is 3.28. The molecule has 2 aromatic heterocycles. The van der Waals surface area contributed by atoms with Gasteiger partial charge in [-0.2, -0.15) is 0 Å². The van der Waals surface area contributed by atoms with Crippen molar-refractivity contribution in [3.63, 3.8) is 0 Å². The molecule has 0 aliphatic rings. The van der Waals surface area contributed by atoms with Crippen molar-refractivity contribution in [3.05, 3.63) is 66.1 Å². The van der Waals surface area contributed by atoms with Gasteiger partial charge in [-0.3, -0.25) is 0 Å². The molecule has 3 nitrogen and oxygen atoms in total. The highest BCUT2D eigenvalue weighted by Crippen LogP contribution is 2.15. The Morgan fingerprint density at radius 1 is 0.833 bits per heavy atom. The van der Waals surface area contributed by atoms with Crippen LogP contribution < -0.4 is 0 Å². The van der Waals surface area contributed by atoms with Crippen molar-refractivity contribution in [2.45, 2.75) is 13.8 Å². The first kappa shape index (κ1) is 10.8. The first-order valence-corrected chi connectivity index (χ1v) is 6.02. The lowest BCUT2D eigenvalue weighted by molar-refractivity contribution is 0.827. The van der Waals surface area contributed by atoms with E-state index in [9.17, 15) is 0 Å². The summed E-state index contributed by atoms with van der Waals surface area (Å²) in [5, 5.41) is 4.62. The Morgan fingerprint density at radius 3 is 2.17 bits per heavy atom. The molecule has 3 heteroatoms. The summed E-state index contributed by atoms with van der Waals surface area (Å²) in [6.45, 7) is 4.18. The van der Waals surface area contributed by atoms with E-state index in [4.69, 9.17) is 0 Å².